The van der Waals surface area contributed by atoms with Crippen molar-refractivity contribution in [1.82, 2.24) is 0 Å². The number of carbonyl (C=O) groups is 2. The summed E-state index contributed by atoms with van der Waals surface area (Å²) in [7, 11) is 2.42. The summed E-state index contributed by atoms with van der Waals surface area (Å²) in [6, 6.07) is 17.9. The largest absolute Gasteiger partial charge is 0.466 e. The fraction of sp³-hybridized carbons (Fsp3) is 0.136. The smallest absolute Gasteiger partial charge is 0.355 e. The average molecular weight is 468 g/mol. The van der Waals surface area contributed by atoms with Crippen LogP contribution in [0.5, 0.6) is 0 Å². The van der Waals surface area contributed by atoms with E-state index < -0.39 is 17.9 Å². The maximum Gasteiger partial charge on any atom is 0.355 e. The van der Waals surface area contributed by atoms with Crippen LogP contribution in [0.1, 0.15) is 11.5 Å². The maximum absolute atomic E-state index is 12.9. The van der Waals surface area contributed by atoms with Gasteiger partial charge in [-0.3, -0.25) is 4.90 Å². The lowest BCUT2D eigenvalue weighted by molar-refractivity contribution is -0.139. The summed E-state index contributed by atoms with van der Waals surface area (Å²) in [6.45, 7) is 0. The molecule has 1 atom stereocenters. The molecule has 1 aliphatic rings. The summed E-state index contributed by atoms with van der Waals surface area (Å²) in [5.74, 6) is -2.39. The standard InChI is InChI=1S/C22H18BrN3O4/c1-29-21(27)18-17(13-6-4-3-5-7-13)16(12-24)20(25)26(19(18)22(28)30-2)15-10-8-14(23)9-11-15/h3-11,17H,25H2,1-2H3. The number of hydrogen-bond acceptors (Lipinski definition) is 7. The predicted octanol–water partition coefficient (Wildman–Crippen LogP) is 3.35. The van der Waals surface area contributed by atoms with E-state index in [1.54, 1.807) is 48.5 Å². The molecule has 0 aliphatic carbocycles. The summed E-state index contributed by atoms with van der Waals surface area (Å²) < 4.78 is 10.8. The molecule has 0 aromatic heterocycles. The van der Waals surface area contributed by atoms with Gasteiger partial charge in [-0.2, -0.15) is 5.26 Å². The van der Waals surface area contributed by atoms with Gasteiger partial charge in [-0.1, -0.05) is 46.3 Å². The minimum atomic E-state index is -0.885. The highest BCUT2D eigenvalue weighted by atomic mass is 79.9. The first-order chi connectivity index (χ1) is 14.4. The molecule has 1 aliphatic heterocycles. The average Bonchev–Trinajstić information content (AvgIpc) is 2.78. The molecular formula is C22H18BrN3O4. The number of anilines is 1. The van der Waals surface area contributed by atoms with Crippen molar-refractivity contribution in [1.29, 1.82) is 5.26 Å². The predicted molar refractivity (Wildman–Crippen MR) is 114 cm³/mol. The van der Waals surface area contributed by atoms with Gasteiger partial charge in [-0.25, -0.2) is 9.59 Å². The first kappa shape index (κ1) is 21.1. The van der Waals surface area contributed by atoms with Crippen molar-refractivity contribution in [2.75, 3.05) is 19.1 Å². The molecule has 2 aromatic carbocycles. The second-order valence-corrected chi connectivity index (χ2v) is 7.23. The van der Waals surface area contributed by atoms with Crippen LogP contribution in [-0.2, 0) is 19.1 Å². The highest BCUT2D eigenvalue weighted by Crippen LogP contribution is 2.43. The Hall–Kier alpha value is -3.57. The molecule has 1 unspecified atom stereocenters. The minimum absolute atomic E-state index is 0.0239. The number of halogens is 1. The van der Waals surface area contributed by atoms with Gasteiger partial charge in [0.1, 0.15) is 11.5 Å². The minimum Gasteiger partial charge on any atom is -0.466 e. The number of allylic oxidation sites excluding steroid dienone is 1. The number of benzene rings is 2. The molecule has 7 nitrogen and oxygen atoms in total. The first-order valence-electron chi connectivity index (χ1n) is 8.85. The van der Waals surface area contributed by atoms with Crippen LogP contribution in [0.25, 0.3) is 0 Å². The van der Waals surface area contributed by atoms with E-state index in [9.17, 15) is 14.9 Å². The number of hydrogen-bond donors (Lipinski definition) is 1. The summed E-state index contributed by atoms with van der Waals surface area (Å²) >= 11 is 3.36. The number of nitrogens with zero attached hydrogens (tertiary/aromatic N) is 2. The van der Waals surface area contributed by atoms with Crippen LogP contribution < -0.4 is 10.6 Å². The zero-order valence-corrected chi connectivity index (χ0v) is 17.8. The molecule has 152 valence electrons. The second kappa shape index (κ2) is 8.84. The van der Waals surface area contributed by atoms with Gasteiger partial charge in [0.25, 0.3) is 0 Å². The fourth-order valence-electron chi connectivity index (χ4n) is 3.37. The Morgan fingerprint density at radius 1 is 1.03 bits per heavy atom. The molecule has 2 N–H and O–H groups in total. The van der Waals surface area contributed by atoms with E-state index in [4.69, 9.17) is 15.2 Å². The fourth-order valence-corrected chi connectivity index (χ4v) is 3.64. The molecule has 30 heavy (non-hydrogen) atoms. The molecule has 0 saturated carbocycles. The van der Waals surface area contributed by atoms with Crippen molar-refractivity contribution in [3.05, 3.63) is 87.3 Å². The van der Waals surface area contributed by atoms with E-state index in [-0.39, 0.29) is 22.7 Å². The van der Waals surface area contributed by atoms with E-state index in [0.717, 1.165) is 4.47 Å². The van der Waals surface area contributed by atoms with Gasteiger partial charge in [0.2, 0.25) is 0 Å². The zero-order chi connectivity index (χ0) is 21.8. The number of methoxy groups -OCH3 is 2. The van der Waals surface area contributed by atoms with E-state index in [0.29, 0.717) is 11.3 Å². The van der Waals surface area contributed by atoms with Crippen LogP contribution in [0.4, 0.5) is 5.69 Å². The number of nitrogens with two attached hydrogens (primary N) is 1. The van der Waals surface area contributed by atoms with Crippen molar-refractivity contribution >= 4 is 33.6 Å². The Bertz CT molecular complexity index is 1090. The molecule has 8 heteroatoms. The van der Waals surface area contributed by atoms with Gasteiger partial charge < -0.3 is 15.2 Å². The van der Waals surface area contributed by atoms with E-state index in [1.807, 2.05) is 6.07 Å². The molecule has 2 aromatic rings. The normalized spacial score (nSPS) is 16.2. The Kier molecular flexibility index (Phi) is 6.23. The Labute approximate surface area is 182 Å². The third-order valence-corrected chi connectivity index (χ3v) is 5.22. The number of carbonyl (C=O) groups excluding carboxylic acids is 2. The van der Waals surface area contributed by atoms with E-state index >= 15 is 0 Å². The molecule has 0 saturated heterocycles. The molecule has 0 fully saturated rings. The lowest BCUT2D eigenvalue weighted by Crippen LogP contribution is -2.40. The number of esters is 2. The lowest BCUT2D eigenvalue weighted by atomic mass is 9.81. The lowest BCUT2D eigenvalue weighted by Gasteiger charge is -2.35. The Balaban J connectivity index is 2.39. The van der Waals surface area contributed by atoms with Gasteiger partial charge in [-0.15, -0.1) is 0 Å². The van der Waals surface area contributed by atoms with E-state index in [1.165, 1.54) is 19.1 Å². The maximum atomic E-state index is 12.9. The highest BCUT2D eigenvalue weighted by Gasteiger charge is 2.42. The van der Waals surface area contributed by atoms with Crippen LogP contribution in [0, 0.1) is 11.3 Å². The molecule has 0 radical (unpaired) electrons. The van der Waals surface area contributed by atoms with Gasteiger partial charge in [0, 0.05) is 10.2 Å². The van der Waals surface area contributed by atoms with Gasteiger partial charge >= 0.3 is 11.9 Å². The molecule has 3 rings (SSSR count). The summed E-state index contributed by atoms with van der Waals surface area (Å²) in [6.07, 6.45) is 0. The monoisotopic (exact) mass is 467 g/mol. The van der Waals surface area contributed by atoms with Gasteiger partial charge in [-0.05, 0) is 29.8 Å². The third kappa shape index (κ3) is 3.67. The van der Waals surface area contributed by atoms with Crippen molar-refractivity contribution in [2.24, 2.45) is 5.73 Å². The van der Waals surface area contributed by atoms with Crippen LogP contribution in [-0.4, -0.2) is 26.2 Å². The molecule has 0 amide bonds. The number of ether oxygens (including phenoxy) is 2. The molecule has 1 heterocycles. The van der Waals surface area contributed by atoms with Crippen LogP contribution in [0.15, 0.2) is 81.7 Å². The third-order valence-electron chi connectivity index (χ3n) is 4.70. The van der Waals surface area contributed by atoms with Crippen LogP contribution >= 0.6 is 15.9 Å². The van der Waals surface area contributed by atoms with Crippen molar-refractivity contribution in [2.45, 2.75) is 5.92 Å². The summed E-state index contributed by atoms with van der Waals surface area (Å²) in [5.41, 5.74) is 7.50. The highest BCUT2D eigenvalue weighted by molar-refractivity contribution is 9.10. The van der Waals surface area contributed by atoms with E-state index in [2.05, 4.69) is 22.0 Å². The summed E-state index contributed by atoms with van der Waals surface area (Å²) in [5, 5.41) is 9.94. The van der Waals surface area contributed by atoms with Crippen molar-refractivity contribution in [3.63, 3.8) is 0 Å². The van der Waals surface area contributed by atoms with Crippen molar-refractivity contribution < 1.29 is 19.1 Å². The zero-order valence-electron chi connectivity index (χ0n) is 16.3. The molecule has 0 bridgehead atoms. The SMILES string of the molecule is COC(=O)C1=C(C(=O)OC)N(c2ccc(Br)cc2)C(N)=C(C#N)C1c1ccccc1. The number of nitriles is 1. The Morgan fingerprint density at radius 2 is 1.63 bits per heavy atom. The Morgan fingerprint density at radius 3 is 2.17 bits per heavy atom. The van der Waals surface area contributed by atoms with Crippen LogP contribution in [0.2, 0.25) is 0 Å². The van der Waals surface area contributed by atoms with Crippen LogP contribution in [0.3, 0.4) is 0 Å². The number of rotatable bonds is 4. The first-order valence-corrected chi connectivity index (χ1v) is 9.65. The topological polar surface area (TPSA) is 106 Å². The quantitative estimate of drug-likeness (QED) is 0.687. The second-order valence-electron chi connectivity index (χ2n) is 6.31. The summed E-state index contributed by atoms with van der Waals surface area (Å²) in [4.78, 5) is 27.1. The van der Waals surface area contributed by atoms with Crippen molar-refractivity contribution in [3.8, 4) is 6.07 Å². The van der Waals surface area contributed by atoms with Gasteiger partial charge in [0.05, 0.1) is 37.4 Å². The molecule has 0 spiro atoms. The van der Waals surface area contributed by atoms with Gasteiger partial charge in [0.15, 0.2) is 0 Å². The molecular weight excluding hydrogens is 450 g/mol.